The Bertz CT molecular complexity index is 189. The Hall–Kier alpha value is 0.110. The number of carbonyl (C=O) groups is 1. The Morgan fingerprint density at radius 3 is 3.00 bits per heavy atom. The van der Waals surface area contributed by atoms with E-state index in [1.54, 1.807) is 11.8 Å². The lowest BCUT2D eigenvalue weighted by atomic mass is 10.0. The van der Waals surface area contributed by atoms with Gasteiger partial charge in [0.25, 0.3) is 0 Å². The maximum absolute atomic E-state index is 11.8. The van der Waals surface area contributed by atoms with Crippen molar-refractivity contribution in [2.75, 3.05) is 24.4 Å². The molecular formula is C10H18ClNOS. The first-order valence-corrected chi connectivity index (χ1v) is 7.06. The Morgan fingerprint density at radius 1 is 1.57 bits per heavy atom. The van der Waals surface area contributed by atoms with Crippen molar-refractivity contribution in [3.63, 3.8) is 0 Å². The van der Waals surface area contributed by atoms with Crippen molar-refractivity contribution in [1.29, 1.82) is 0 Å². The molecule has 2 nitrogen and oxygen atoms in total. The first-order valence-electron chi connectivity index (χ1n) is 5.14. The van der Waals surface area contributed by atoms with Gasteiger partial charge in [0.2, 0.25) is 5.91 Å². The van der Waals surface area contributed by atoms with E-state index in [0.29, 0.717) is 18.3 Å². The maximum Gasteiger partial charge on any atom is 0.223 e. The van der Waals surface area contributed by atoms with Crippen LogP contribution in [0.2, 0.25) is 0 Å². The number of alkyl halides is 1. The molecule has 14 heavy (non-hydrogen) atoms. The molecule has 0 bridgehead atoms. The van der Waals surface area contributed by atoms with Gasteiger partial charge in [-0.15, -0.1) is 11.6 Å². The quantitative estimate of drug-likeness (QED) is 0.698. The van der Waals surface area contributed by atoms with Gasteiger partial charge in [0.15, 0.2) is 0 Å². The van der Waals surface area contributed by atoms with E-state index in [0.717, 1.165) is 25.1 Å². The summed E-state index contributed by atoms with van der Waals surface area (Å²) in [4.78, 5) is 13.8. The second-order valence-corrected chi connectivity index (χ2v) is 4.93. The highest BCUT2D eigenvalue weighted by Gasteiger charge is 2.25. The summed E-state index contributed by atoms with van der Waals surface area (Å²) < 4.78 is 0. The number of hydrogen-bond donors (Lipinski definition) is 0. The Morgan fingerprint density at radius 2 is 2.36 bits per heavy atom. The highest BCUT2D eigenvalue weighted by Crippen LogP contribution is 2.19. The monoisotopic (exact) mass is 235 g/mol. The standard InChI is InChI=1S/C10H18ClNOS/c1-14-7-5-10(13)12-6-3-2-4-9(12)8-11/h9H,2-8H2,1H3. The van der Waals surface area contributed by atoms with Gasteiger partial charge in [-0.2, -0.15) is 11.8 Å². The van der Waals surface area contributed by atoms with Gasteiger partial charge in [0.1, 0.15) is 0 Å². The predicted molar refractivity (Wildman–Crippen MR) is 63.1 cm³/mol. The zero-order valence-electron chi connectivity index (χ0n) is 8.67. The average Bonchev–Trinajstić information content (AvgIpc) is 2.25. The largest absolute Gasteiger partial charge is 0.338 e. The van der Waals surface area contributed by atoms with Crippen molar-refractivity contribution in [3.8, 4) is 0 Å². The third-order valence-corrected chi connectivity index (χ3v) is 3.61. The van der Waals surface area contributed by atoms with Crippen LogP contribution in [-0.4, -0.2) is 41.3 Å². The molecule has 4 heteroatoms. The number of hydrogen-bond acceptors (Lipinski definition) is 2. The number of likely N-dealkylation sites (tertiary alicyclic amines) is 1. The fourth-order valence-electron chi connectivity index (χ4n) is 1.82. The van der Waals surface area contributed by atoms with Gasteiger partial charge in [0, 0.05) is 30.6 Å². The van der Waals surface area contributed by atoms with Gasteiger partial charge < -0.3 is 4.90 Å². The third kappa shape index (κ3) is 3.35. The van der Waals surface area contributed by atoms with Crippen LogP contribution in [0.25, 0.3) is 0 Å². The van der Waals surface area contributed by atoms with Crippen molar-refractivity contribution in [1.82, 2.24) is 4.90 Å². The van der Waals surface area contributed by atoms with Gasteiger partial charge in [0.05, 0.1) is 0 Å². The van der Waals surface area contributed by atoms with E-state index < -0.39 is 0 Å². The van der Waals surface area contributed by atoms with E-state index in [-0.39, 0.29) is 5.91 Å². The lowest BCUT2D eigenvalue weighted by molar-refractivity contribution is -0.133. The second-order valence-electron chi connectivity index (χ2n) is 3.63. The molecule has 0 N–H and O–H groups in total. The second kappa shape index (κ2) is 6.57. The molecule has 0 aromatic heterocycles. The number of nitrogens with zero attached hydrogens (tertiary/aromatic N) is 1. The summed E-state index contributed by atoms with van der Waals surface area (Å²) in [6.07, 6.45) is 6.12. The third-order valence-electron chi connectivity index (χ3n) is 2.65. The lowest BCUT2D eigenvalue weighted by Crippen LogP contribution is -2.44. The van der Waals surface area contributed by atoms with Gasteiger partial charge in [-0.05, 0) is 25.5 Å². The molecule has 0 radical (unpaired) electrons. The zero-order chi connectivity index (χ0) is 10.4. The van der Waals surface area contributed by atoms with Crippen LogP contribution in [0.15, 0.2) is 0 Å². The van der Waals surface area contributed by atoms with Crippen LogP contribution in [0.1, 0.15) is 25.7 Å². The van der Waals surface area contributed by atoms with Crippen LogP contribution in [0.3, 0.4) is 0 Å². The molecule has 1 heterocycles. The lowest BCUT2D eigenvalue weighted by Gasteiger charge is -2.34. The van der Waals surface area contributed by atoms with Crippen LogP contribution < -0.4 is 0 Å². The first kappa shape index (κ1) is 12.2. The van der Waals surface area contributed by atoms with Crippen molar-refractivity contribution < 1.29 is 4.79 Å². The van der Waals surface area contributed by atoms with Crippen molar-refractivity contribution in [2.24, 2.45) is 0 Å². The number of halogens is 1. The molecule has 0 aliphatic carbocycles. The van der Waals surface area contributed by atoms with Crippen LogP contribution in [0, 0.1) is 0 Å². The van der Waals surface area contributed by atoms with Crippen molar-refractivity contribution in [2.45, 2.75) is 31.7 Å². The van der Waals surface area contributed by atoms with Gasteiger partial charge in [-0.1, -0.05) is 0 Å². The maximum atomic E-state index is 11.8. The summed E-state index contributed by atoms with van der Waals surface area (Å²) >= 11 is 7.58. The summed E-state index contributed by atoms with van der Waals surface area (Å²) in [6.45, 7) is 0.907. The van der Waals surface area contributed by atoms with Gasteiger partial charge >= 0.3 is 0 Å². The first-order chi connectivity index (χ1) is 6.79. The van der Waals surface area contributed by atoms with Crippen LogP contribution in [-0.2, 0) is 4.79 Å². The van der Waals surface area contributed by atoms with E-state index in [1.165, 1.54) is 6.42 Å². The minimum atomic E-state index is 0.282. The van der Waals surface area contributed by atoms with E-state index in [9.17, 15) is 4.79 Å². The zero-order valence-corrected chi connectivity index (χ0v) is 10.2. The minimum absolute atomic E-state index is 0.282. The normalized spacial score (nSPS) is 22.4. The molecule has 1 unspecified atom stereocenters. The molecule has 1 atom stereocenters. The fourth-order valence-corrected chi connectivity index (χ4v) is 2.52. The average molecular weight is 236 g/mol. The molecule has 0 saturated carbocycles. The molecule has 1 aliphatic rings. The van der Waals surface area contributed by atoms with E-state index in [4.69, 9.17) is 11.6 Å². The SMILES string of the molecule is CSCCC(=O)N1CCCCC1CCl. The highest BCUT2D eigenvalue weighted by molar-refractivity contribution is 7.98. The summed E-state index contributed by atoms with van der Waals surface area (Å²) in [5, 5.41) is 0. The molecule has 1 amide bonds. The van der Waals surface area contributed by atoms with E-state index in [2.05, 4.69) is 0 Å². The number of carbonyl (C=O) groups excluding carboxylic acids is 1. The van der Waals surface area contributed by atoms with Crippen molar-refractivity contribution >= 4 is 29.3 Å². The molecule has 0 aromatic rings. The van der Waals surface area contributed by atoms with Gasteiger partial charge in [-0.25, -0.2) is 0 Å². The molecular weight excluding hydrogens is 218 g/mol. The number of thioether (sulfide) groups is 1. The molecule has 82 valence electrons. The van der Waals surface area contributed by atoms with Gasteiger partial charge in [-0.3, -0.25) is 4.79 Å². The van der Waals surface area contributed by atoms with E-state index in [1.807, 2.05) is 11.2 Å². The smallest absolute Gasteiger partial charge is 0.223 e. The van der Waals surface area contributed by atoms with Crippen LogP contribution >= 0.6 is 23.4 Å². The van der Waals surface area contributed by atoms with Crippen molar-refractivity contribution in [3.05, 3.63) is 0 Å². The summed E-state index contributed by atoms with van der Waals surface area (Å²) in [5.74, 6) is 1.79. The Labute approximate surface area is 95.4 Å². The highest BCUT2D eigenvalue weighted by atomic mass is 35.5. The Balaban J connectivity index is 2.41. The number of amides is 1. The number of rotatable bonds is 4. The van der Waals surface area contributed by atoms with Crippen LogP contribution in [0.4, 0.5) is 0 Å². The molecule has 0 spiro atoms. The van der Waals surface area contributed by atoms with Crippen LogP contribution in [0.5, 0.6) is 0 Å². The Kier molecular flexibility index (Phi) is 5.71. The minimum Gasteiger partial charge on any atom is -0.338 e. The summed E-state index contributed by atoms with van der Waals surface area (Å²) in [7, 11) is 0. The van der Waals surface area contributed by atoms with E-state index >= 15 is 0 Å². The molecule has 0 aromatic carbocycles. The predicted octanol–water partition coefficient (Wildman–Crippen LogP) is 2.36. The topological polar surface area (TPSA) is 20.3 Å². The number of piperidine rings is 1. The summed E-state index contributed by atoms with van der Waals surface area (Å²) in [5.41, 5.74) is 0. The molecule has 1 saturated heterocycles. The molecule has 1 fully saturated rings. The molecule has 1 rings (SSSR count). The molecule has 1 aliphatic heterocycles. The fraction of sp³-hybridized carbons (Fsp3) is 0.900. The summed E-state index contributed by atoms with van der Waals surface area (Å²) in [6, 6.07) is 0.291.